The van der Waals surface area contributed by atoms with E-state index in [1.807, 2.05) is 0 Å². The van der Waals surface area contributed by atoms with Gasteiger partial charge in [0.15, 0.2) is 6.61 Å². The highest BCUT2D eigenvalue weighted by molar-refractivity contribution is 6.39. The quantitative estimate of drug-likeness (QED) is 0.575. The van der Waals surface area contributed by atoms with Crippen molar-refractivity contribution >= 4 is 47.1 Å². The van der Waals surface area contributed by atoms with Crippen LogP contribution in [0.25, 0.3) is 6.08 Å². The number of aryl methyl sites for hydroxylation is 1. The molecular formula is C20H16ClN3O5. The molecule has 1 fully saturated rings. The summed E-state index contributed by atoms with van der Waals surface area (Å²) in [6.07, 6.45) is 1.29. The molecule has 1 saturated heterocycles. The van der Waals surface area contributed by atoms with E-state index >= 15 is 0 Å². The first kappa shape index (κ1) is 20.1. The molecule has 9 heteroatoms. The molecule has 0 saturated carbocycles. The number of nitrogens with two attached hydrogens (primary N) is 1. The molecule has 3 N–H and O–H groups in total. The zero-order chi connectivity index (χ0) is 21.1. The molecule has 8 nitrogen and oxygen atoms in total. The molecule has 2 aromatic carbocycles. The van der Waals surface area contributed by atoms with Gasteiger partial charge in [-0.2, -0.15) is 0 Å². The van der Waals surface area contributed by atoms with Gasteiger partial charge in [0.1, 0.15) is 11.3 Å². The third kappa shape index (κ3) is 4.27. The number of nitrogens with zero attached hydrogens (tertiary/aromatic N) is 1. The van der Waals surface area contributed by atoms with Crippen molar-refractivity contribution in [3.63, 3.8) is 0 Å². The smallest absolute Gasteiger partial charge is 0.335 e. The summed E-state index contributed by atoms with van der Waals surface area (Å²) in [5, 5.41) is 2.48. The number of hydrogen-bond donors (Lipinski definition) is 2. The summed E-state index contributed by atoms with van der Waals surface area (Å²) in [5.41, 5.74) is 6.06. The maximum atomic E-state index is 13.0. The SMILES string of the molecule is Cc1ccc(Cl)cc1N1C(=O)NC(=O)/C(=C\c2ccccc2OCC(N)=O)C1=O. The number of barbiturate groups is 1. The van der Waals surface area contributed by atoms with Crippen LogP contribution >= 0.6 is 11.6 Å². The zero-order valence-corrected chi connectivity index (χ0v) is 16.0. The second-order valence-corrected chi connectivity index (χ2v) is 6.62. The summed E-state index contributed by atoms with van der Waals surface area (Å²) in [5.74, 6) is -2.08. The molecule has 5 amide bonds. The minimum atomic E-state index is -0.874. The van der Waals surface area contributed by atoms with E-state index in [4.69, 9.17) is 22.1 Å². The molecule has 2 aromatic rings. The monoisotopic (exact) mass is 413 g/mol. The average Bonchev–Trinajstić information content (AvgIpc) is 2.66. The number of carbonyl (C=O) groups excluding carboxylic acids is 4. The van der Waals surface area contributed by atoms with Crippen LogP contribution in [0.1, 0.15) is 11.1 Å². The van der Waals surface area contributed by atoms with E-state index in [2.05, 4.69) is 5.32 Å². The van der Waals surface area contributed by atoms with Crippen LogP contribution in [0.15, 0.2) is 48.0 Å². The summed E-state index contributed by atoms with van der Waals surface area (Å²) in [7, 11) is 0. The van der Waals surface area contributed by atoms with Crippen molar-refractivity contribution < 1.29 is 23.9 Å². The summed E-state index contributed by atoms with van der Waals surface area (Å²) in [6, 6.07) is 10.4. The number of benzene rings is 2. The lowest BCUT2D eigenvalue weighted by Crippen LogP contribution is -2.54. The van der Waals surface area contributed by atoms with Crippen molar-refractivity contribution in [2.45, 2.75) is 6.92 Å². The first-order valence-corrected chi connectivity index (χ1v) is 8.83. The number of nitrogens with one attached hydrogen (secondary N) is 1. The van der Waals surface area contributed by atoms with E-state index in [-0.39, 0.29) is 23.6 Å². The van der Waals surface area contributed by atoms with Gasteiger partial charge in [-0.05, 0) is 36.8 Å². The van der Waals surface area contributed by atoms with Crippen molar-refractivity contribution in [3.05, 3.63) is 64.2 Å². The summed E-state index contributed by atoms with van der Waals surface area (Å²) in [6.45, 7) is 1.34. The molecule has 0 bridgehead atoms. The molecule has 29 heavy (non-hydrogen) atoms. The van der Waals surface area contributed by atoms with Crippen molar-refractivity contribution in [2.24, 2.45) is 5.73 Å². The van der Waals surface area contributed by atoms with Crippen LogP contribution in [-0.2, 0) is 14.4 Å². The number of halogens is 1. The molecule has 1 aliphatic rings. The van der Waals surface area contributed by atoms with Crippen molar-refractivity contribution in [1.29, 1.82) is 0 Å². The molecule has 0 unspecified atom stereocenters. The third-order valence-electron chi connectivity index (χ3n) is 4.10. The highest BCUT2D eigenvalue weighted by Gasteiger charge is 2.37. The normalized spacial score (nSPS) is 15.4. The fourth-order valence-corrected chi connectivity index (χ4v) is 2.90. The van der Waals surface area contributed by atoms with E-state index in [0.717, 1.165) is 4.90 Å². The molecule has 0 spiro atoms. The number of anilines is 1. The van der Waals surface area contributed by atoms with Crippen LogP contribution in [0.2, 0.25) is 5.02 Å². The molecule has 0 radical (unpaired) electrons. The van der Waals surface area contributed by atoms with Gasteiger partial charge in [0, 0.05) is 10.6 Å². The van der Waals surface area contributed by atoms with Crippen LogP contribution in [0.4, 0.5) is 10.5 Å². The number of ether oxygens (including phenoxy) is 1. The molecule has 0 aromatic heterocycles. The maximum absolute atomic E-state index is 13.0. The number of urea groups is 1. The number of primary amides is 1. The Bertz CT molecular complexity index is 1060. The number of para-hydroxylation sites is 1. The second-order valence-electron chi connectivity index (χ2n) is 6.18. The number of hydrogen-bond acceptors (Lipinski definition) is 5. The lowest BCUT2D eigenvalue weighted by molar-refractivity contribution is -0.123. The Morgan fingerprint density at radius 2 is 1.93 bits per heavy atom. The number of carbonyl (C=O) groups is 4. The van der Waals surface area contributed by atoms with Crippen LogP contribution in [0.5, 0.6) is 5.75 Å². The minimum Gasteiger partial charge on any atom is -0.483 e. The average molecular weight is 414 g/mol. The second kappa shape index (κ2) is 8.15. The Kier molecular flexibility index (Phi) is 5.65. The van der Waals surface area contributed by atoms with Crippen molar-refractivity contribution in [2.75, 3.05) is 11.5 Å². The Morgan fingerprint density at radius 1 is 1.21 bits per heavy atom. The topological polar surface area (TPSA) is 119 Å². The molecule has 3 rings (SSSR count). The summed E-state index contributed by atoms with van der Waals surface area (Å²) >= 11 is 6.00. The first-order valence-electron chi connectivity index (χ1n) is 8.45. The molecular weight excluding hydrogens is 398 g/mol. The van der Waals surface area contributed by atoms with Crippen LogP contribution in [0, 0.1) is 6.92 Å². The maximum Gasteiger partial charge on any atom is 0.335 e. The van der Waals surface area contributed by atoms with Gasteiger partial charge in [0.25, 0.3) is 17.7 Å². The molecule has 1 aliphatic heterocycles. The fourth-order valence-electron chi connectivity index (χ4n) is 2.74. The van der Waals surface area contributed by atoms with Gasteiger partial charge >= 0.3 is 6.03 Å². The molecule has 0 atom stereocenters. The van der Waals surface area contributed by atoms with Gasteiger partial charge in [-0.1, -0.05) is 35.9 Å². The minimum absolute atomic E-state index is 0.252. The number of rotatable bonds is 5. The Hall–Kier alpha value is -3.65. The van der Waals surface area contributed by atoms with Gasteiger partial charge in [-0.15, -0.1) is 0 Å². The van der Waals surface area contributed by atoms with Gasteiger partial charge in [-0.3, -0.25) is 19.7 Å². The Morgan fingerprint density at radius 3 is 2.66 bits per heavy atom. The highest BCUT2D eigenvalue weighted by atomic mass is 35.5. The molecule has 0 aliphatic carbocycles. The van der Waals surface area contributed by atoms with E-state index in [1.165, 1.54) is 12.1 Å². The van der Waals surface area contributed by atoms with Gasteiger partial charge in [-0.25, -0.2) is 9.69 Å². The molecule has 1 heterocycles. The van der Waals surface area contributed by atoms with Gasteiger partial charge in [0.05, 0.1) is 5.69 Å². The van der Waals surface area contributed by atoms with Crippen molar-refractivity contribution in [1.82, 2.24) is 5.32 Å². The van der Waals surface area contributed by atoms with E-state index in [1.54, 1.807) is 43.3 Å². The van der Waals surface area contributed by atoms with Crippen LogP contribution < -0.4 is 20.7 Å². The standard InChI is InChI=1S/C20H16ClN3O5/c1-11-6-7-13(21)9-15(11)24-19(27)14(18(26)23-20(24)28)8-12-4-2-3-5-16(12)29-10-17(22)25/h2-9H,10H2,1H3,(H2,22,25)(H,23,26,28)/b14-8+. The van der Waals surface area contributed by atoms with E-state index in [9.17, 15) is 19.2 Å². The Labute approximate surface area is 170 Å². The number of imide groups is 2. The lowest BCUT2D eigenvalue weighted by Gasteiger charge is -2.27. The zero-order valence-electron chi connectivity index (χ0n) is 15.3. The van der Waals surface area contributed by atoms with Gasteiger partial charge in [0.2, 0.25) is 0 Å². The highest BCUT2D eigenvalue weighted by Crippen LogP contribution is 2.29. The predicted molar refractivity (Wildman–Crippen MR) is 106 cm³/mol. The first-order chi connectivity index (χ1) is 13.8. The summed E-state index contributed by atoms with van der Waals surface area (Å²) < 4.78 is 5.32. The lowest BCUT2D eigenvalue weighted by atomic mass is 10.1. The third-order valence-corrected chi connectivity index (χ3v) is 4.34. The fraction of sp³-hybridized carbons (Fsp3) is 0.100. The van der Waals surface area contributed by atoms with E-state index < -0.39 is 23.8 Å². The van der Waals surface area contributed by atoms with Gasteiger partial charge < -0.3 is 10.5 Å². The van der Waals surface area contributed by atoms with Crippen LogP contribution in [0.3, 0.4) is 0 Å². The van der Waals surface area contributed by atoms with E-state index in [0.29, 0.717) is 16.1 Å². The molecule has 148 valence electrons. The number of amides is 5. The van der Waals surface area contributed by atoms with Crippen molar-refractivity contribution in [3.8, 4) is 5.75 Å². The van der Waals surface area contributed by atoms with Crippen LogP contribution in [-0.4, -0.2) is 30.4 Å². The largest absolute Gasteiger partial charge is 0.483 e. The Balaban J connectivity index is 2.03. The summed E-state index contributed by atoms with van der Waals surface area (Å²) in [4.78, 5) is 49.5. The predicted octanol–water partition coefficient (Wildman–Crippen LogP) is 2.18.